The summed E-state index contributed by atoms with van der Waals surface area (Å²) in [5.74, 6) is -6.30. The highest BCUT2D eigenvalue weighted by Gasteiger charge is 2.58. The van der Waals surface area contributed by atoms with Gasteiger partial charge in [0.25, 0.3) is 0 Å². The normalized spacial score (nSPS) is 23.7. The maximum absolute atomic E-state index is 15.2. The van der Waals surface area contributed by atoms with Crippen molar-refractivity contribution in [3.63, 3.8) is 0 Å². The third-order valence-electron chi connectivity index (χ3n) is 22.0. The minimum atomic E-state index is -0.770. The van der Waals surface area contributed by atoms with Crippen molar-refractivity contribution in [1.82, 2.24) is 0 Å². The van der Waals surface area contributed by atoms with Crippen molar-refractivity contribution < 1.29 is 78.2 Å². The predicted molar refractivity (Wildman–Crippen MR) is 388 cm³/mol. The molecule has 3 aliphatic carbocycles. The number of carbonyl (C=O) groups is 2. The minimum absolute atomic E-state index is 0.00327. The van der Waals surface area contributed by atoms with Crippen LogP contribution in [0.15, 0.2) is 152 Å². The molecule has 21 heteroatoms. The maximum atomic E-state index is 15.2. The number of methoxy groups -OCH3 is 1. The van der Waals surface area contributed by atoms with E-state index in [0.29, 0.717) is 90.0 Å². The van der Waals surface area contributed by atoms with Crippen molar-refractivity contribution in [3.8, 4) is 23.0 Å². The summed E-state index contributed by atoms with van der Waals surface area (Å²) in [5.41, 5.74) is 2.95. The lowest BCUT2D eigenvalue weighted by Crippen LogP contribution is -2.53. The molecule has 3 unspecified atom stereocenters. The van der Waals surface area contributed by atoms with Crippen molar-refractivity contribution in [3.05, 3.63) is 263 Å². The number of hydrogen-bond donors (Lipinski definition) is 1. The largest absolute Gasteiger partial charge is 0.490 e. The zero-order chi connectivity index (χ0) is 74.7. The average Bonchev–Trinajstić information content (AvgIpc) is 0.732. The van der Waals surface area contributed by atoms with Crippen LogP contribution < -0.4 is 18.9 Å². The van der Waals surface area contributed by atoms with Gasteiger partial charge in [-0.15, -0.1) is 0 Å². The summed E-state index contributed by atoms with van der Waals surface area (Å²) in [4.78, 5) is 25.6. The van der Waals surface area contributed by atoms with Crippen molar-refractivity contribution >= 4 is 63.9 Å². The second-order valence-corrected chi connectivity index (χ2v) is 31.0. The van der Waals surface area contributed by atoms with E-state index in [1.165, 1.54) is 13.2 Å². The van der Waals surface area contributed by atoms with E-state index in [1.54, 1.807) is 42.5 Å². The molecule has 9 nitrogen and oxygen atoms in total. The van der Waals surface area contributed by atoms with E-state index in [2.05, 4.69) is 0 Å². The lowest BCUT2D eigenvalue weighted by Gasteiger charge is -2.51. The number of hydrogen-bond acceptors (Lipinski definition) is 9. The molecule has 0 aromatic heterocycles. The van der Waals surface area contributed by atoms with Crippen LogP contribution in [0, 0.1) is 82.0 Å². The van der Waals surface area contributed by atoms with Crippen molar-refractivity contribution in [2.75, 3.05) is 40.1 Å². The summed E-state index contributed by atoms with van der Waals surface area (Å²) in [6.45, 7) is 6.36. The summed E-state index contributed by atoms with van der Waals surface area (Å²) in [6.07, 6.45) is 10.3. The van der Waals surface area contributed by atoms with E-state index in [-0.39, 0.29) is 102 Å². The topological polar surface area (TPSA) is 110 Å². The van der Waals surface area contributed by atoms with Crippen LogP contribution in [0.4, 0.5) is 35.1 Å². The molecule has 9 atom stereocenters. The molecule has 0 bridgehead atoms. The van der Waals surface area contributed by atoms with E-state index in [4.69, 9.17) is 74.8 Å². The van der Waals surface area contributed by atoms with E-state index < -0.39 is 80.2 Å². The lowest BCUT2D eigenvalue weighted by molar-refractivity contribution is -0.166. The smallest absolute Gasteiger partial charge is 0.309 e. The Hall–Kier alpha value is -7.80. The monoisotopic (exact) mass is 1520 g/mol. The molecule has 4 heterocycles. The maximum Gasteiger partial charge on any atom is 0.309 e. The van der Waals surface area contributed by atoms with Gasteiger partial charge in [-0.25, -0.2) is 35.1 Å². The summed E-state index contributed by atoms with van der Waals surface area (Å²) in [5, 5.41) is 12.4. The Morgan fingerprint density at radius 2 is 0.790 bits per heavy atom. The van der Waals surface area contributed by atoms with Crippen LogP contribution in [0.2, 0.25) is 20.1 Å². The molecule has 7 aliphatic rings. The lowest BCUT2D eigenvalue weighted by atomic mass is 9.55. The molecule has 105 heavy (non-hydrogen) atoms. The van der Waals surface area contributed by atoms with Gasteiger partial charge in [0, 0.05) is 77.4 Å². The predicted octanol–water partition coefficient (Wildman–Crippen LogP) is 20.9. The van der Waals surface area contributed by atoms with Crippen LogP contribution in [-0.4, -0.2) is 62.8 Å². The van der Waals surface area contributed by atoms with Gasteiger partial charge in [0.15, 0.2) is 46.3 Å². The molecule has 0 amide bonds. The Kier molecular flexibility index (Phi) is 23.7. The first-order chi connectivity index (χ1) is 50.3. The van der Waals surface area contributed by atoms with Gasteiger partial charge in [-0.05, 0) is 222 Å². The van der Waals surface area contributed by atoms with Crippen LogP contribution >= 0.6 is 46.4 Å². The molecular weight excluding hydrogens is 1450 g/mol. The molecule has 3 saturated carbocycles. The fourth-order valence-electron chi connectivity index (χ4n) is 17.5. The molecular formula is C84H80Cl4F8O9. The number of carbonyl (C=O) groups excluding carboxylic acids is 2. The molecule has 3 fully saturated rings. The van der Waals surface area contributed by atoms with Crippen LogP contribution in [0.1, 0.15) is 123 Å². The minimum Gasteiger partial charge on any atom is -0.490 e. The number of esters is 2. The second kappa shape index (κ2) is 32.3. The van der Waals surface area contributed by atoms with Crippen LogP contribution in [0.25, 0.3) is 5.57 Å². The van der Waals surface area contributed by atoms with Gasteiger partial charge < -0.3 is 33.5 Å². The highest BCUT2D eigenvalue weighted by molar-refractivity contribution is 6.31. The molecule has 554 valence electrons. The highest BCUT2D eigenvalue weighted by Crippen LogP contribution is 2.59. The Balaban J connectivity index is 0.000000133. The third kappa shape index (κ3) is 16.1. The van der Waals surface area contributed by atoms with Crippen LogP contribution in [0.5, 0.6) is 23.0 Å². The molecule has 8 aromatic rings. The van der Waals surface area contributed by atoms with Gasteiger partial charge in [0.2, 0.25) is 0 Å². The van der Waals surface area contributed by atoms with Crippen molar-refractivity contribution in [1.29, 1.82) is 0 Å². The van der Waals surface area contributed by atoms with Crippen molar-refractivity contribution in [2.24, 2.45) is 35.5 Å². The molecule has 1 N–H and O–H groups in total. The molecule has 0 spiro atoms. The first-order valence-electron chi connectivity index (χ1n) is 35.3. The fraction of sp³-hybridized carbons (Fsp3) is 0.381. The van der Waals surface area contributed by atoms with E-state index >= 15 is 8.78 Å². The number of halogens is 12. The zero-order valence-corrected chi connectivity index (χ0v) is 61.4. The molecule has 15 rings (SSSR count). The number of benzene rings is 8. The van der Waals surface area contributed by atoms with Crippen molar-refractivity contribution in [2.45, 2.75) is 126 Å². The summed E-state index contributed by atoms with van der Waals surface area (Å²) in [7, 11) is 1.36. The molecule has 8 aromatic carbocycles. The van der Waals surface area contributed by atoms with E-state index in [1.807, 2.05) is 81.4 Å². The summed E-state index contributed by atoms with van der Waals surface area (Å²) >= 11 is 23.9. The summed E-state index contributed by atoms with van der Waals surface area (Å²) < 4.78 is 149. The standard InChI is InChI=1S/C25H27ClF2O3.C22H21ClF2O3.C21H21ClF2O2.C16H11ClF2O/c1-24(2,3)31-23(29)17-5-4-12-25(13-15-6-8-16(26)9-7-15)18(17)14-30-22-20(28)11-10-19(27)21(22)25;1-27-21(26)15-3-2-10-22(11-13-4-6-14(23)7-5-13)16(15)12-28-20-18(25)9-8-17(24)19(20)22;22-15-5-3-13(4-6-15)10-21-9-1-2-14(11-25)16(21)12-26-20-18(24)8-7-17(23)19(20)21;17-12-3-1-10(2-4-12)9-11-7-8-20-16-14(19)6-5-13(18)15(11)16/h6-11,17-18H,4-5,12-14H2,1-3H3;4-9,15-16H,2-3,10-12H2,1H3;3-8,14,16,25H,1-2,9-12H2;1-7H,8-9H2/t17-,18?,25+;15-,16?,22+;14-,16?,21-;/m110./s1. The average molecular weight is 1530 g/mol. The molecule has 0 saturated heterocycles. The number of fused-ring (bicyclic) bond motifs is 10. The van der Waals surface area contributed by atoms with Gasteiger partial charge in [-0.2, -0.15) is 0 Å². The second-order valence-electron chi connectivity index (χ2n) is 29.3. The summed E-state index contributed by atoms with van der Waals surface area (Å²) in [6, 6.07) is 38.5. The van der Waals surface area contributed by atoms with Crippen LogP contribution in [0.3, 0.4) is 0 Å². The van der Waals surface area contributed by atoms with Gasteiger partial charge >= 0.3 is 11.9 Å². The quantitative estimate of drug-likeness (QED) is 0.1000. The number of aliphatic hydroxyl groups is 1. The SMILES string of the molecule is CC(C)(C)OC(=O)[C@@H]1CCC[C@@]2(Cc3ccc(Cl)cc3)c3c(F)ccc(F)c3OCC12.COC(=O)[C@@H]1CCC[C@@]2(Cc3ccc(Cl)cc3)c3c(F)ccc(F)c3OCC12.Fc1ccc(F)c2c1OCC=C2Cc1ccc(Cl)cc1.OC[C@@H]1CCC[C@@]2(Cc3ccc(Cl)cc3)c3c(F)ccc(F)c3OCC12. The molecule has 4 aliphatic heterocycles. The molecule has 0 radical (unpaired) electrons. The van der Waals surface area contributed by atoms with Gasteiger partial charge in [0.1, 0.15) is 35.5 Å². The van der Waals surface area contributed by atoms with Crippen LogP contribution in [-0.2, 0) is 61.0 Å². The zero-order valence-electron chi connectivity index (χ0n) is 58.4. The fourth-order valence-corrected chi connectivity index (χ4v) is 18.0. The third-order valence-corrected chi connectivity index (χ3v) is 23.0. The van der Waals surface area contributed by atoms with E-state index in [9.17, 15) is 41.0 Å². The van der Waals surface area contributed by atoms with Gasteiger partial charge in [-0.1, -0.05) is 114 Å². The van der Waals surface area contributed by atoms with Gasteiger partial charge in [-0.3, -0.25) is 9.59 Å². The Labute approximate surface area is 626 Å². The van der Waals surface area contributed by atoms with Gasteiger partial charge in [0.05, 0.1) is 44.3 Å². The first-order valence-corrected chi connectivity index (χ1v) is 36.8. The number of ether oxygens (including phenoxy) is 6. The Morgan fingerprint density at radius 1 is 0.448 bits per heavy atom. The highest BCUT2D eigenvalue weighted by atomic mass is 35.5. The Morgan fingerprint density at radius 3 is 1.18 bits per heavy atom. The van der Waals surface area contributed by atoms with E-state index in [0.717, 1.165) is 96.0 Å². The number of rotatable bonds is 11. The first kappa shape index (κ1) is 76.8. The Bertz CT molecular complexity index is 4500. The number of aliphatic hydroxyl groups excluding tert-OH is 1. The number of allylic oxidation sites excluding steroid dienone is 1.